The molecule has 29 heavy (non-hydrogen) atoms. The summed E-state index contributed by atoms with van der Waals surface area (Å²) in [6.45, 7) is 9.08. The molecule has 0 saturated carbocycles. The number of hydrogen-bond acceptors (Lipinski definition) is 5. The predicted molar refractivity (Wildman–Crippen MR) is 112 cm³/mol. The Bertz CT molecular complexity index is 889. The third-order valence-corrected chi connectivity index (χ3v) is 4.90. The van der Waals surface area contributed by atoms with Crippen LogP contribution in [0.2, 0.25) is 0 Å². The molecule has 6 heteroatoms. The molecule has 0 aliphatic carbocycles. The van der Waals surface area contributed by atoms with Crippen LogP contribution in [0.1, 0.15) is 33.3 Å². The van der Waals surface area contributed by atoms with E-state index in [1.54, 1.807) is 51.9 Å². The van der Waals surface area contributed by atoms with Gasteiger partial charge in [0.15, 0.2) is 0 Å². The first kappa shape index (κ1) is 20.7. The minimum atomic E-state index is -1.31. The lowest BCUT2D eigenvalue weighted by Gasteiger charge is -2.56. The Morgan fingerprint density at radius 3 is 2.21 bits per heavy atom. The number of nitrogens with zero attached hydrogens (tertiary/aromatic N) is 2. The zero-order chi connectivity index (χ0) is 21.4. The van der Waals surface area contributed by atoms with Gasteiger partial charge < -0.3 is 9.47 Å². The molecule has 154 valence electrons. The van der Waals surface area contributed by atoms with E-state index >= 15 is 0 Å². The van der Waals surface area contributed by atoms with E-state index in [2.05, 4.69) is 0 Å². The smallest absolute Gasteiger partial charge is 0.338 e. The summed E-state index contributed by atoms with van der Waals surface area (Å²) in [4.78, 5) is 26.3. The summed E-state index contributed by atoms with van der Waals surface area (Å²) in [5.74, 6) is -0.284. The maximum atomic E-state index is 13.2. The van der Waals surface area contributed by atoms with Crippen molar-refractivity contribution in [2.75, 3.05) is 12.1 Å². The molecule has 6 nitrogen and oxygen atoms in total. The van der Waals surface area contributed by atoms with Crippen LogP contribution in [-0.2, 0) is 14.3 Å². The van der Waals surface area contributed by atoms with Crippen molar-refractivity contribution in [2.24, 2.45) is 0 Å². The molecule has 3 rings (SSSR count). The number of β-lactam (4-membered cyclic amide) rings is 1. The van der Waals surface area contributed by atoms with Gasteiger partial charge in [-0.3, -0.25) is 9.80 Å². The number of esters is 1. The topological polar surface area (TPSA) is 59.1 Å². The van der Waals surface area contributed by atoms with Crippen molar-refractivity contribution < 1.29 is 19.1 Å². The maximum Gasteiger partial charge on any atom is 0.338 e. The minimum Gasteiger partial charge on any atom is -0.477 e. The highest BCUT2D eigenvalue weighted by atomic mass is 16.6. The maximum absolute atomic E-state index is 13.2. The van der Waals surface area contributed by atoms with Crippen molar-refractivity contribution in [2.45, 2.75) is 51.9 Å². The second kappa shape index (κ2) is 7.43. The largest absolute Gasteiger partial charge is 0.477 e. The molecule has 0 radical (unpaired) electrons. The molecule has 2 aromatic rings. The van der Waals surface area contributed by atoms with E-state index in [4.69, 9.17) is 9.47 Å². The van der Waals surface area contributed by atoms with E-state index in [9.17, 15) is 9.59 Å². The average molecular weight is 396 g/mol. The number of hydrogen-bond donors (Lipinski definition) is 0. The molecule has 1 fully saturated rings. The number of benzene rings is 2. The lowest BCUT2D eigenvalue weighted by molar-refractivity contribution is -0.203. The third-order valence-electron chi connectivity index (χ3n) is 4.90. The number of ether oxygens (including phenoxy) is 2. The van der Waals surface area contributed by atoms with Gasteiger partial charge in [0.2, 0.25) is 11.6 Å². The van der Waals surface area contributed by atoms with Crippen molar-refractivity contribution in [3.05, 3.63) is 60.2 Å². The normalized spacial score (nSPS) is 21.4. The van der Waals surface area contributed by atoms with Crippen LogP contribution in [0.3, 0.4) is 0 Å². The number of anilines is 1. The summed E-state index contributed by atoms with van der Waals surface area (Å²) in [6.07, 6.45) is -0.979. The zero-order valence-electron chi connectivity index (χ0n) is 17.8. The van der Waals surface area contributed by atoms with Crippen LogP contribution < -0.4 is 9.75 Å². The molecule has 0 N–H and O–H groups in total. The lowest BCUT2D eigenvalue weighted by Crippen LogP contribution is -2.82. The Hall–Kier alpha value is -3.02. The molecule has 0 unspecified atom stereocenters. The van der Waals surface area contributed by atoms with Gasteiger partial charge >= 0.3 is 5.97 Å². The third kappa shape index (κ3) is 3.92. The summed E-state index contributed by atoms with van der Waals surface area (Å²) in [5, 5.41) is 3.09. The Labute approximate surface area is 172 Å². The first-order valence-electron chi connectivity index (χ1n) is 9.63. The first-order valence-corrected chi connectivity index (χ1v) is 9.63. The van der Waals surface area contributed by atoms with E-state index in [0.29, 0.717) is 5.75 Å². The number of carbonyl (C=O) groups excluding carboxylic acids is 2. The average Bonchev–Trinajstić information content (AvgIpc) is 2.66. The molecule has 1 aliphatic heterocycles. The zero-order valence-corrected chi connectivity index (χ0v) is 17.8. The van der Waals surface area contributed by atoms with Crippen molar-refractivity contribution in [1.82, 2.24) is 5.01 Å². The fourth-order valence-electron chi connectivity index (χ4n) is 3.34. The fraction of sp³-hybridized carbons (Fsp3) is 0.391. The van der Waals surface area contributed by atoms with Gasteiger partial charge in [0.1, 0.15) is 11.4 Å². The molecule has 0 bridgehead atoms. The molecule has 1 heterocycles. The quantitative estimate of drug-likeness (QED) is 0.569. The van der Waals surface area contributed by atoms with Gasteiger partial charge in [0.25, 0.3) is 5.91 Å². The molecular weight excluding hydrogens is 368 g/mol. The molecule has 2 aromatic carbocycles. The van der Waals surface area contributed by atoms with Crippen LogP contribution in [0.15, 0.2) is 54.6 Å². The van der Waals surface area contributed by atoms with Gasteiger partial charge in [-0.05, 0) is 58.9 Å². The van der Waals surface area contributed by atoms with Crippen molar-refractivity contribution in [1.29, 1.82) is 0 Å². The number of aryl methyl sites for hydroxylation is 1. The monoisotopic (exact) mass is 396 g/mol. The van der Waals surface area contributed by atoms with E-state index in [1.165, 1.54) is 5.01 Å². The van der Waals surface area contributed by atoms with Gasteiger partial charge in [0.05, 0.1) is 5.69 Å². The molecule has 1 saturated heterocycles. The number of hydrazine groups is 1. The Morgan fingerprint density at radius 1 is 1.07 bits per heavy atom. The van der Waals surface area contributed by atoms with Crippen molar-refractivity contribution in [3.63, 3.8) is 0 Å². The summed E-state index contributed by atoms with van der Waals surface area (Å²) in [5.41, 5.74) is -0.0987. The standard InChI is InChI=1S/C23H28N2O4/c1-16-12-14-17(15-13-16)24(6)25-20(26)19(28-18-10-8-7-9-11-18)23(25,5)21(27)29-22(2,3)4/h7-15,19H,1-6H3/t19-,23+/m0/s1. The van der Waals surface area contributed by atoms with E-state index < -0.39 is 23.2 Å². The number of para-hydroxylation sites is 1. The highest BCUT2D eigenvalue weighted by molar-refractivity contribution is 6.03. The van der Waals surface area contributed by atoms with Crippen LogP contribution in [0, 0.1) is 6.92 Å². The molecule has 2 atom stereocenters. The number of carbonyl (C=O) groups is 2. The van der Waals surface area contributed by atoms with E-state index in [0.717, 1.165) is 11.3 Å². The van der Waals surface area contributed by atoms with Gasteiger partial charge in [-0.25, -0.2) is 9.80 Å². The number of amides is 1. The minimum absolute atomic E-state index is 0.301. The summed E-state index contributed by atoms with van der Waals surface area (Å²) in [6, 6.07) is 16.7. The SMILES string of the molecule is Cc1ccc(N(C)N2C(=O)[C@H](Oc3ccccc3)[C@]2(C)C(=O)OC(C)(C)C)cc1. The van der Waals surface area contributed by atoms with E-state index in [1.807, 2.05) is 49.4 Å². The fourth-order valence-corrected chi connectivity index (χ4v) is 3.34. The molecular formula is C23H28N2O4. The molecule has 0 spiro atoms. The van der Waals surface area contributed by atoms with Crippen LogP contribution in [0.4, 0.5) is 5.69 Å². The van der Waals surface area contributed by atoms with Gasteiger partial charge in [-0.2, -0.15) is 0 Å². The van der Waals surface area contributed by atoms with Crippen LogP contribution in [0.25, 0.3) is 0 Å². The van der Waals surface area contributed by atoms with Gasteiger partial charge in [-0.1, -0.05) is 35.9 Å². The predicted octanol–water partition coefficient (Wildman–Crippen LogP) is 3.74. The van der Waals surface area contributed by atoms with Crippen molar-refractivity contribution >= 4 is 17.6 Å². The highest BCUT2D eigenvalue weighted by Crippen LogP contribution is 2.39. The summed E-state index contributed by atoms with van der Waals surface area (Å²) < 4.78 is 11.6. The van der Waals surface area contributed by atoms with Gasteiger partial charge in [0, 0.05) is 7.05 Å². The number of rotatable bonds is 5. The van der Waals surface area contributed by atoms with Crippen LogP contribution in [0.5, 0.6) is 5.75 Å². The molecule has 0 aromatic heterocycles. The Kier molecular flexibility index (Phi) is 5.30. The van der Waals surface area contributed by atoms with E-state index in [-0.39, 0.29) is 5.91 Å². The summed E-state index contributed by atoms with van der Waals surface area (Å²) in [7, 11) is 1.75. The second-order valence-electron chi connectivity index (χ2n) is 8.47. The summed E-state index contributed by atoms with van der Waals surface area (Å²) >= 11 is 0. The van der Waals surface area contributed by atoms with Gasteiger partial charge in [-0.15, -0.1) is 0 Å². The molecule has 1 aliphatic rings. The Balaban J connectivity index is 1.95. The van der Waals surface area contributed by atoms with Crippen LogP contribution in [-0.4, -0.2) is 41.2 Å². The second-order valence-corrected chi connectivity index (χ2v) is 8.47. The Morgan fingerprint density at radius 2 is 1.66 bits per heavy atom. The first-order chi connectivity index (χ1) is 13.5. The van der Waals surface area contributed by atoms with Crippen molar-refractivity contribution in [3.8, 4) is 5.75 Å². The van der Waals surface area contributed by atoms with Crippen LogP contribution >= 0.6 is 0 Å². The highest BCUT2D eigenvalue weighted by Gasteiger charge is 2.67. The lowest BCUT2D eigenvalue weighted by atomic mass is 9.83. The molecule has 1 amide bonds.